The van der Waals surface area contributed by atoms with Crippen molar-refractivity contribution in [3.63, 3.8) is 0 Å². The summed E-state index contributed by atoms with van der Waals surface area (Å²) < 4.78 is 0.400. The maximum Gasteiger partial charge on any atom is 0.133 e. The van der Waals surface area contributed by atoms with Crippen LogP contribution < -0.4 is 5.32 Å². The molecule has 0 aliphatic carbocycles. The second kappa shape index (κ2) is 5.06. The lowest BCUT2D eigenvalue weighted by atomic mass is 10.1. The Bertz CT molecular complexity index is 333. The number of rotatable bonds is 4. The van der Waals surface area contributed by atoms with Gasteiger partial charge < -0.3 is 10.4 Å². The molecule has 1 unspecified atom stereocenters. The van der Waals surface area contributed by atoms with E-state index in [0.717, 1.165) is 18.8 Å². The van der Waals surface area contributed by atoms with Gasteiger partial charge in [-0.05, 0) is 37.7 Å². The average molecular weight is 238 g/mol. The molecule has 1 saturated heterocycles. The van der Waals surface area contributed by atoms with Gasteiger partial charge in [0.15, 0.2) is 0 Å². The van der Waals surface area contributed by atoms with Crippen molar-refractivity contribution in [2.75, 3.05) is 12.3 Å². The fraction of sp³-hybridized carbons (Fsp3) is 0.583. The minimum atomic E-state index is 0.224. The van der Waals surface area contributed by atoms with Crippen molar-refractivity contribution >= 4 is 11.8 Å². The first-order chi connectivity index (χ1) is 7.68. The Morgan fingerprint density at radius 3 is 3.06 bits per heavy atom. The third-order valence-electron chi connectivity index (χ3n) is 2.91. The first kappa shape index (κ1) is 11.7. The molecule has 1 aliphatic rings. The highest BCUT2D eigenvalue weighted by molar-refractivity contribution is 8.00. The Hall–Kier alpha value is -0.740. The van der Waals surface area contributed by atoms with E-state index in [1.807, 2.05) is 6.07 Å². The van der Waals surface area contributed by atoms with Crippen LogP contribution in [-0.2, 0) is 6.54 Å². The largest absolute Gasteiger partial charge is 0.506 e. The van der Waals surface area contributed by atoms with E-state index in [4.69, 9.17) is 5.11 Å². The quantitative estimate of drug-likeness (QED) is 0.844. The molecule has 1 aromatic rings. The molecule has 0 radical (unpaired) electrons. The van der Waals surface area contributed by atoms with Crippen molar-refractivity contribution in [1.29, 1.82) is 0 Å². The summed E-state index contributed by atoms with van der Waals surface area (Å²) in [4.78, 5) is 4.15. The summed E-state index contributed by atoms with van der Waals surface area (Å²) in [6.45, 7) is 4.12. The number of pyridine rings is 1. The SMILES string of the molecule is CC1(CNCc2ccc(O)cn2)CCCS1. The van der Waals surface area contributed by atoms with Gasteiger partial charge in [-0.2, -0.15) is 11.8 Å². The van der Waals surface area contributed by atoms with E-state index in [2.05, 4.69) is 29.0 Å². The smallest absolute Gasteiger partial charge is 0.133 e. The molecule has 2 heterocycles. The predicted octanol–water partition coefficient (Wildman–Crippen LogP) is 2.16. The Balaban J connectivity index is 1.77. The zero-order valence-corrected chi connectivity index (χ0v) is 10.4. The summed E-state index contributed by atoms with van der Waals surface area (Å²) in [5, 5.41) is 12.5. The van der Waals surface area contributed by atoms with Crippen LogP contribution in [0.1, 0.15) is 25.5 Å². The third kappa shape index (κ3) is 3.12. The summed E-state index contributed by atoms with van der Waals surface area (Å²) in [5.74, 6) is 1.51. The van der Waals surface area contributed by atoms with Gasteiger partial charge in [-0.1, -0.05) is 0 Å². The molecule has 1 fully saturated rings. The van der Waals surface area contributed by atoms with Crippen LogP contribution in [0.25, 0.3) is 0 Å². The summed E-state index contributed by atoms with van der Waals surface area (Å²) >= 11 is 2.06. The van der Waals surface area contributed by atoms with E-state index in [1.54, 1.807) is 6.07 Å². The normalized spacial score (nSPS) is 24.8. The predicted molar refractivity (Wildman–Crippen MR) is 67.7 cm³/mol. The number of thioether (sulfide) groups is 1. The molecule has 3 nitrogen and oxygen atoms in total. The number of hydrogen-bond donors (Lipinski definition) is 2. The Morgan fingerprint density at radius 2 is 2.44 bits per heavy atom. The minimum absolute atomic E-state index is 0.224. The van der Waals surface area contributed by atoms with Gasteiger partial charge >= 0.3 is 0 Å². The van der Waals surface area contributed by atoms with Crippen molar-refractivity contribution in [3.8, 4) is 5.75 Å². The lowest BCUT2D eigenvalue weighted by Gasteiger charge is -2.22. The highest BCUT2D eigenvalue weighted by Gasteiger charge is 2.28. The molecule has 1 aliphatic heterocycles. The first-order valence-corrected chi connectivity index (χ1v) is 6.65. The first-order valence-electron chi connectivity index (χ1n) is 5.67. The van der Waals surface area contributed by atoms with Crippen molar-refractivity contribution in [2.24, 2.45) is 0 Å². The number of aromatic nitrogens is 1. The zero-order valence-electron chi connectivity index (χ0n) is 9.57. The molecule has 0 spiro atoms. The van der Waals surface area contributed by atoms with Crippen LogP contribution in [0.15, 0.2) is 18.3 Å². The topological polar surface area (TPSA) is 45.1 Å². The summed E-state index contributed by atoms with van der Waals surface area (Å²) in [7, 11) is 0. The van der Waals surface area contributed by atoms with Crippen molar-refractivity contribution in [3.05, 3.63) is 24.0 Å². The number of nitrogens with one attached hydrogen (secondary N) is 1. The van der Waals surface area contributed by atoms with Gasteiger partial charge in [-0.15, -0.1) is 0 Å². The lowest BCUT2D eigenvalue weighted by molar-refractivity contribution is 0.471. The lowest BCUT2D eigenvalue weighted by Crippen LogP contribution is -2.32. The number of nitrogens with zero attached hydrogens (tertiary/aromatic N) is 1. The van der Waals surface area contributed by atoms with Crippen LogP contribution in [0.4, 0.5) is 0 Å². The fourth-order valence-electron chi connectivity index (χ4n) is 1.95. The summed E-state index contributed by atoms with van der Waals surface area (Å²) in [6.07, 6.45) is 4.12. The van der Waals surface area contributed by atoms with Gasteiger partial charge in [0.2, 0.25) is 0 Å². The van der Waals surface area contributed by atoms with E-state index in [9.17, 15) is 0 Å². The van der Waals surface area contributed by atoms with Gasteiger partial charge in [0.25, 0.3) is 0 Å². The molecule has 2 rings (SSSR count). The van der Waals surface area contributed by atoms with E-state index in [-0.39, 0.29) is 5.75 Å². The standard InChI is InChI=1S/C12H18N2OS/c1-12(5-2-6-16-12)9-13-7-10-3-4-11(15)8-14-10/h3-4,8,13,15H,2,5-7,9H2,1H3. The maximum atomic E-state index is 9.11. The van der Waals surface area contributed by atoms with E-state index in [1.165, 1.54) is 24.8 Å². The van der Waals surface area contributed by atoms with Crippen LogP contribution in [0.2, 0.25) is 0 Å². The highest BCUT2D eigenvalue weighted by Crippen LogP contribution is 2.36. The van der Waals surface area contributed by atoms with Gasteiger partial charge in [0.05, 0.1) is 11.9 Å². The molecule has 0 bridgehead atoms. The fourth-order valence-corrected chi connectivity index (χ4v) is 3.23. The molecule has 88 valence electrons. The molecule has 1 aromatic heterocycles. The van der Waals surface area contributed by atoms with Crippen molar-refractivity contribution < 1.29 is 5.11 Å². The van der Waals surface area contributed by atoms with E-state index < -0.39 is 0 Å². The Morgan fingerprint density at radius 1 is 1.56 bits per heavy atom. The molecule has 0 saturated carbocycles. The minimum Gasteiger partial charge on any atom is -0.506 e. The van der Waals surface area contributed by atoms with Crippen molar-refractivity contribution in [1.82, 2.24) is 10.3 Å². The Labute approximate surface area is 101 Å². The van der Waals surface area contributed by atoms with Crippen LogP contribution in [0.5, 0.6) is 5.75 Å². The van der Waals surface area contributed by atoms with Crippen LogP contribution >= 0.6 is 11.8 Å². The van der Waals surface area contributed by atoms with E-state index >= 15 is 0 Å². The molecule has 0 aromatic carbocycles. The highest BCUT2D eigenvalue weighted by atomic mass is 32.2. The van der Waals surface area contributed by atoms with Gasteiger partial charge in [0.1, 0.15) is 5.75 Å². The average Bonchev–Trinajstić information content (AvgIpc) is 2.69. The maximum absolute atomic E-state index is 9.11. The van der Waals surface area contributed by atoms with Crippen LogP contribution in [-0.4, -0.2) is 27.1 Å². The Kier molecular flexibility index (Phi) is 3.71. The third-order valence-corrected chi connectivity index (χ3v) is 4.45. The van der Waals surface area contributed by atoms with Gasteiger partial charge in [0, 0.05) is 17.8 Å². The molecule has 2 N–H and O–H groups in total. The summed E-state index contributed by atoms with van der Waals surface area (Å²) in [6, 6.07) is 3.53. The molecule has 4 heteroatoms. The molecule has 16 heavy (non-hydrogen) atoms. The molecule has 0 amide bonds. The second-order valence-corrected chi connectivity index (χ2v) is 6.20. The molecule has 1 atom stereocenters. The number of hydrogen-bond acceptors (Lipinski definition) is 4. The molecular formula is C12H18N2OS. The number of aromatic hydroxyl groups is 1. The van der Waals surface area contributed by atoms with Crippen LogP contribution in [0, 0.1) is 0 Å². The molecular weight excluding hydrogens is 220 g/mol. The zero-order chi connectivity index (χ0) is 11.4. The van der Waals surface area contributed by atoms with Crippen LogP contribution in [0.3, 0.4) is 0 Å². The van der Waals surface area contributed by atoms with E-state index in [0.29, 0.717) is 4.75 Å². The second-order valence-electron chi connectivity index (χ2n) is 4.51. The monoisotopic (exact) mass is 238 g/mol. The van der Waals surface area contributed by atoms with Gasteiger partial charge in [-0.25, -0.2) is 0 Å². The van der Waals surface area contributed by atoms with Crippen molar-refractivity contribution in [2.45, 2.75) is 31.1 Å². The summed E-state index contributed by atoms with van der Waals surface area (Å²) in [5.41, 5.74) is 0.976. The van der Waals surface area contributed by atoms with Gasteiger partial charge in [-0.3, -0.25) is 4.98 Å².